The molecule has 1 aromatic heterocycles. The molecule has 0 saturated heterocycles. The summed E-state index contributed by atoms with van der Waals surface area (Å²) in [6, 6.07) is 7.29. The molecule has 1 aromatic carbocycles. The molecule has 0 fully saturated rings. The Balaban J connectivity index is 2.86. The molecule has 0 atom stereocenters. The van der Waals surface area contributed by atoms with E-state index < -0.39 is 0 Å². The predicted octanol–water partition coefficient (Wildman–Crippen LogP) is 3.22. The van der Waals surface area contributed by atoms with Crippen molar-refractivity contribution in [2.24, 2.45) is 0 Å². The fraction of sp³-hybridized carbons (Fsp3) is 0.100. The second kappa shape index (κ2) is 2.82. The first-order valence-electron chi connectivity index (χ1n) is 3.81. The van der Waals surface area contributed by atoms with Gasteiger partial charge >= 0.3 is 0 Å². The highest BCUT2D eigenvalue weighted by Gasteiger charge is 2.07. The highest BCUT2D eigenvalue weighted by molar-refractivity contribution is 7.19. The van der Waals surface area contributed by atoms with Crippen molar-refractivity contribution in [2.75, 3.05) is 0 Å². The summed E-state index contributed by atoms with van der Waals surface area (Å²) < 4.78 is 14.0. The van der Waals surface area contributed by atoms with Crippen LogP contribution in [0.15, 0.2) is 18.2 Å². The van der Waals surface area contributed by atoms with Crippen LogP contribution in [0.2, 0.25) is 0 Å². The quantitative estimate of drug-likeness (QED) is 0.627. The molecule has 0 radical (unpaired) electrons. The van der Waals surface area contributed by atoms with Crippen LogP contribution in [0.25, 0.3) is 10.1 Å². The molecule has 0 aliphatic heterocycles. The highest BCUT2D eigenvalue weighted by atomic mass is 32.1. The first kappa shape index (κ1) is 8.21. The van der Waals surface area contributed by atoms with E-state index in [-0.39, 0.29) is 5.82 Å². The Morgan fingerprint density at radius 2 is 2.23 bits per heavy atom. The normalized spacial score (nSPS) is 10.2. The summed E-state index contributed by atoms with van der Waals surface area (Å²) in [4.78, 5) is 0.555. The van der Waals surface area contributed by atoms with Crippen molar-refractivity contribution in [2.45, 2.75) is 6.92 Å². The predicted molar refractivity (Wildman–Crippen MR) is 51.2 cm³/mol. The van der Waals surface area contributed by atoms with Crippen LogP contribution in [0.4, 0.5) is 4.39 Å². The molecule has 0 aliphatic carbocycles. The summed E-state index contributed by atoms with van der Waals surface area (Å²) in [7, 11) is 0. The molecule has 2 rings (SSSR count). The Morgan fingerprint density at radius 3 is 2.92 bits per heavy atom. The SMILES string of the molecule is Cc1ccc2cc(C#N)sc2c1F. The summed E-state index contributed by atoms with van der Waals surface area (Å²) in [6.45, 7) is 1.72. The average molecular weight is 191 g/mol. The Morgan fingerprint density at radius 1 is 1.46 bits per heavy atom. The number of nitriles is 1. The molecule has 0 saturated carbocycles. The monoisotopic (exact) mass is 191 g/mol. The van der Waals surface area contributed by atoms with E-state index in [4.69, 9.17) is 5.26 Å². The van der Waals surface area contributed by atoms with Crippen LogP contribution in [0.5, 0.6) is 0 Å². The third kappa shape index (κ3) is 1.20. The van der Waals surface area contributed by atoms with E-state index in [9.17, 15) is 4.39 Å². The molecule has 1 heterocycles. The molecule has 1 nitrogen and oxygen atoms in total. The van der Waals surface area contributed by atoms with Crippen molar-refractivity contribution < 1.29 is 4.39 Å². The summed E-state index contributed by atoms with van der Waals surface area (Å²) in [5.41, 5.74) is 0.624. The molecule has 3 heteroatoms. The van der Waals surface area contributed by atoms with Crippen LogP contribution in [-0.4, -0.2) is 0 Å². The smallest absolute Gasteiger partial charge is 0.143 e. The van der Waals surface area contributed by atoms with Crippen LogP contribution in [0.1, 0.15) is 10.4 Å². The highest BCUT2D eigenvalue weighted by Crippen LogP contribution is 2.28. The number of halogens is 1. The van der Waals surface area contributed by atoms with E-state index in [0.717, 1.165) is 5.39 Å². The minimum absolute atomic E-state index is 0.205. The van der Waals surface area contributed by atoms with Crippen molar-refractivity contribution >= 4 is 21.4 Å². The number of thiophene rings is 1. The second-order valence-electron chi connectivity index (χ2n) is 2.84. The van der Waals surface area contributed by atoms with Crippen LogP contribution in [0.3, 0.4) is 0 Å². The topological polar surface area (TPSA) is 23.8 Å². The standard InChI is InChI=1S/C10H6FNS/c1-6-2-3-7-4-8(5-12)13-10(7)9(6)11/h2-4H,1H3. The zero-order chi connectivity index (χ0) is 9.42. The van der Waals surface area contributed by atoms with Gasteiger partial charge in [0.25, 0.3) is 0 Å². The lowest BCUT2D eigenvalue weighted by Crippen LogP contribution is -1.79. The average Bonchev–Trinajstić information content (AvgIpc) is 2.55. The number of fused-ring (bicyclic) bond motifs is 1. The first-order chi connectivity index (χ1) is 6.22. The van der Waals surface area contributed by atoms with Crippen molar-refractivity contribution in [3.8, 4) is 6.07 Å². The van der Waals surface area contributed by atoms with Gasteiger partial charge in [0.1, 0.15) is 16.8 Å². The van der Waals surface area contributed by atoms with E-state index in [2.05, 4.69) is 0 Å². The number of hydrogen-bond donors (Lipinski definition) is 0. The lowest BCUT2D eigenvalue weighted by molar-refractivity contribution is 0.632. The maximum absolute atomic E-state index is 13.4. The number of aryl methyl sites for hydroxylation is 1. The third-order valence-corrected chi connectivity index (χ3v) is 2.98. The van der Waals surface area contributed by atoms with E-state index in [1.807, 2.05) is 12.1 Å². The van der Waals surface area contributed by atoms with Gasteiger partial charge in [-0.05, 0) is 23.9 Å². The molecule has 0 amide bonds. The number of rotatable bonds is 0. The van der Waals surface area contributed by atoms with Crippen LogP contribution < -0.4 is 0 Å². The molecule has 0 unspecified atom stereocenters. The Kier molecular flexibility index (Phi) is 1.78. The lowest BCUT2D eigenvalue weighted by atomic mass is 10.2. The molecular weight excluding hydrogens is 185 g/mol. The number of hydrogen-bond acceptors (Lipinski definition) is 2. The molecule has 13 heavy (non-hydrogen) atoms. The zero-order valence-electron chi connectivity index (χ0n) is 6.97. The summed E-state index contributed by atoms with van der Waals surface area (Å²) >= 11 is 1.20. The first-order valence-corrected chi connectivity index (χ1v) is 4.63. The van der Waals surface area contributed by atoms with Gasteiger partial charge in [-0.3, -0.25) is 0 Å². The van der Waals surface area contributed by atoms with Gasteiger partial charge in [-0.1, -0.05) is 12.1 Å². The van der Waals surface area contributed by atoms with Gasteiger partial charge in [-0.2, -0.15) is 5.26 Å². The Labute approximate surface area is 79.0 Å². The van der Waals surface area contributed by atoms with Crippen LogP contribution in [-0.2, 0) is 0 Å². The van der Waals surface area contributed by atoms with Crippen molar-refractivity contribution in [3.05, 3.63) is 34.5 Å². The Hall–Kier alpha value is -1.40. The molecule has 0 bridgehead atoms. The van der Waals surface area contributed by atoms with Crippen molar-refractivity contribution in [1.82, 2.24) is 0 Å². The summed E-state index contributed by atoms with van der Waals surface area (Å²) in [5, 5.41) is 9.45. The maximum Gasteiger partial charge on any atom is 0.143 e. The minimum Gasteiger partial charge on any atom is -0.205 e. The van der Waals surface area contributed by atoms with Gasteiger partial charge < -0.3 is 0 Å². The maximum atomic E-state index is 13.4. The van der Waals surface area contributed by atoms with Gasteiger partial charge in [0, 0.05) is 0 Å². The Bertz CT molecular complexity index is 507. The van der Waals surface area contributed by atoms with Crippen LogP contribution >= 0.6 is 11.3 Å². The van der Waals surface area contributed by atoms with Crippen molar-refractivity contribution in [3.63, 3.8) is 0 Å². The molecule has 2 aromatic rings. The van der Waals surface area contributed by atoms with Gasteiger partial charge in [-0.25, -0.2) is 4.39 Å². The summed E-state index contributed by atoms with van der Waals surface area (Å²) in [6.07, 6.45) is 0. The minimum atomic E-state index is -0.205. The van der Waals surface area contributed by atoms with Gasteiger partial charge in [0.15, 0.2) is 0 Å². The van der Waals surface area contributed by atoms with Gasteiger partial charge in [0.2, 0.25) is 0 Å². The van der Waals surface area contributed by atoms with Gasteiger partial charge in [-0.15, -0.1) is 11.3 Å². The van der Waals surface area contributed by atoms with Gasteiger partial charge in [0.05, 0.1) is 4.70 Å². The largest absolute Gasteiger partial charge is 0.205 e. The molecule has 0 aliphatic rings. The molecular formula is C10H6FNS. The second-order valence-corrected chi connectivity index (χ2v) is 3.89. The third-order valence-electron chi connectivity index (χ3n) is 1.93. The van der Waals surface area contributed by atoms with E-state index in [1.54, 1.807) is 19.1 Å². The fourth-order valence-electron chi connectivity index (χ4n) is 1.22. The summed E-state index contributed by atoms with van der Waals surface area (Å²) in [5.74, 6) is -0.205. The number of benzene rings is 1. The van der Waals surface area contributed by atoms with E-state index in [0.29, 0.717) is 15.1 Å². The van der Waals surface area contributed by atoms with Crippen LogP contribution in [0, 0.1) is 24.1 Å². The lowest BCUT2D eigenvalue weighted by Gasteiger charge is -1.95. The zero-order valence-corrected chi connectivity index (χ0v) is 7.78. The number of nitrogens with zero attached hydrogens (tertiary/aromatic N) is 1. The molecule has 64 valence electrons. The van der Waals surface area contributed by atoms with Crippen molar-refractivity contribution in [1.29, 1.82) is 5.26 Å². The fourth-order valence-corrected chi connectivity index (χ4v) is 2.17. The van der Waals surface area contributed by atoms with E-state index in [1.165, 1.54) is 11.3 Å². The van der Waals surface area contributed by atoms with E-state index >= 15 is 0 Å². The molecule has 0 spiro atoms. The molecule has 0 N–H and O–H groups in total.